The number of carbonyl (C=O) groups excluding carboxylic acids is 1. The van der Waals surface area contributed by atoms with Crippen LogP contribution in [0.1, 0.15) is 96.8 Å². The maximum atomic E-state index is 13.1. The Bertz CT molecular complexity index is 269. The van der Waals surface area contributed by atoms with Crippen LogP contribution < -0.4 is 0 Å². The SMILES string of the molecule is CCCCCC1(C(=O)C2CCCCC2)CCCCC1. The number of hydrogen-bond donors (Lipinski definition) is 0. The van der Waals surface area contributed by atoms with E-state index in [4.69, 9.17) is 0 Å². The number of unbranched alkanes of at least 4 members (excludes halogenated alkanes) is 2. The minimum atomic E-state index is 0.107. The van der Waals surface area contributed by atoms with Crippen molar-refractivity contribution in [3.05, 3.63) is 0 Å². The zero-order valence-electron chi connectivity index (χ0n) is 12.9. The van der Waals surface area contributed by atoms with Gasteiger partial charge in [0.15, 0.2) is 0 Å². The van der Waals surface area contributed by atoms with E-state index in [-0.39, 0.29) is 5.41 Å². The fourth-order valence-electron chi connectivity index (χ4n) is 4.36. The van der Waals surface area contributed by atoms with Crippen LogP contribution in [-0.4, -0.2) is 5.78 Å². The van der Waals surface area contributed by atoms with Gasteiger partial charge >= 0.3 is 0 Å². The standard InChI is InChI=1S/C18H32O/c1-2-3-8-13-18(14-9-5-10-15-18)17(19)16-11-6-4-7-12-16/h16H,2-15H2,1H3. The lowest BCUT2D eigenvalue weighted by atomic mass is 9.63. The van der Waals surface area contributed by atoms with Crippen LogP contribution in [0.15, 0.2) is 0 Å². The van der Waals surface area contributed by atoms with Crippen LogP contribution in [0.25, 0.3) is 0 Å². The third kappa shape index (κ3) is 3.83. The number of hydrogen-bond acceptors (Lipinski definition) is 1. The van der Waals surface area contributed by atoms with Crippen molar-refractivity contribution in [2.45, 2.75) is 96.8 Å². The summed E-state index contributed by atoms with van der Waals surface area (Å²) in [6.07, 6.45) is 17.7. The van der Waals surface area contributed by atoms with Gasteiger partial charge in [-0.2, -0.15) is 0 Å². The maximum absolute atomic E-state index is 13.1. The highest BCUT2D eigenvalue weighted by Crippen LogP contribution is 2.45. The fraction of sp³-hybridized carbons (Fsp3) is 0.944. The topological polar surface area (TPSA) is 17.1 Å². The molecule has 2 saturated carbocycles. The summed E-state index contributed by atoms with van der Waals surface area (Å²) in [5.41, 5.74) is 0.107. The molecule has 2 aliphatic carbocycles. The molecule has 2 aliphatic rings. The molecule has 1 heteroatoms. The summed E-state index contributed by atoms with van der Waals surface area (Å²) >= 11 is 0. The summed E-state index contributed by atoms with van der Waals surface area (Å²) in [6, 6.07) is 0. The predicted molar refractivity (Wildman–Crippen MR) is 81.2 cm³/mol. The van der Waals surface area contributed by atoms with Gasteiger partial charge in [0.25, 0.3) is 0 Å². The zero-order valence-corrected chi connectivity index (χ0v) is 12.9. The Labute approximate surface area is 119 Å². The van der Waals surface area contributed by atoms with Gasteiger partial charge in [-0.05, 0) is 32.1 Å². The minimum absolute atomic E-state index is 0.107. The van der Waals surface area contributed by atoms with Gasteiger partial charge in [-0.15, -0.1) is 0 Å². The van der Waals surface area contributed by atoms with Crippen LogP contribution in [0.3, 0.4) is 0 Å². The van der Waals surface area contributed by atoms with Gasteiger partial charge in [-0.25, -0.2) is 0 Å². The van der Waals surface area contributed by atoms with Crippen molar-refractivity contribution in [2.24, 2.45) is 11.3 Å². The highest BCUT2D eigenvalue weighted by molar-refractivity contribution is 5.87. The minimum Gasteiger partial charge on any atom is -0.299 e. The molecule has 0 heterocycles. The summed E-state index contributed by atoms with van der Waals surface area (Å²) in [6.45, 7) is 2.26. The van der Waals surface area contributed by atoms with Crippen LogP contribution in [-0.2, 0) is 4.79 Å². The van der Waals surface area contributed by atoms with Gasteiger partial charge in [-0.3, -0.25) is 4.79 Å². The fourth-order valence-corrected chi connectivity index (χ4v) is 4.36. The maximum Gasteiger partial charge on any atom is 0.142 e. The van der Waals surface area contributed by atoms with Crippen LogP contribution in [0.2, 0.25) is 0 Å². The van der Waals surface area contributed by atoms with Crippen molar-refractivity contribution in [1.82, 2.24) is 0 Å². The summed E-state index contributed by atoms with van der Waals surface area (Å²) in [7, 11) is 0. The largest absolute Gasteiger partial charge is 0.299 e. The summed E-state index contributed by atoms with van der Waals surface area (Å²) in [5.74, 6) is 1.11. The summed E-state index contributed by atoms with van der Waals surface area (Å²) < 4.78 is 0. The first-order valence-corrected chi connectivity index (χ1v) is 8.83. The molecule has 0 radical (unpaired) electrons. The van der Waals surface area contributed by atoms with Gasteiger partial charge in [0, 0.05) is 11.3 Å². The van der Waals surface area contributed by atoms with E-state index in [1.54, 1.807) is 0 Å². The molecular formula is C18H32O. The zero-order chi connectivity index (χ0) is 13.6. The van der Waals surface area contributed by atoms with Gasteiger partial charge in [0.1, 0.15) is 5.78 Å². The first-order valence-electron chi connectivity index (χ1n) is 8.83. The summed E-state index contributed by atoms with van der Waals surface area (Å²) in [5, 5.41) is 0. The Kier molecular flexibility index (Phi) is 5.91. The molecule has 19 heavy (non-hydrogen) atoms. The molecule has 0 unspecified atom stereocenters. The molecule has 0 aromatic rings. The van der Waals surface area contributed by atoms with Gasteiger partial charge < -0.3 is 0 Å². The highest BCUT2D eigenvalue weighted by atomic mass is 16.1. The van der Waals surface area contributed by atoms with E-state index >= 15 is 0 Å². The molecule has 0 aromatic carbocycles. The van der Waals surface area contributed by atoms with Crippen molar-refractivity contribution in [3.63, 3.8) is 0 Å². The molecule has 2 rings (SSSR count). The average molecular weight is 264 g/mol. The van der Waals surface area contributed by atoms with E-state index in [1.165, 1.54) is 89.9 Å². The van der Waals surface area contributed by atoms with Gasteiger partial charge in [0.2, 0.25) is 0 Å². The monoisotopic (exact) mass is 264 g/mol. The van der Waals surface area contributed by atoms with Crippen molar-refractivity contribution in [1.29, 1.82) is 0 Å². The molecule has 0 N–H and O–H groups in total. The lowest BCUT2D eigenvalue weighted by Crippen LogP contribution is -2.38. The smallest absolute Gasteiger partial charge is 0.142 e. The lowest BCUT2D eigenvalue weighted by Gasteiger charge is -2.39. The highest BCUT2D eigenvalue weighted by Gasteiger charge is 2.41. The Morgan fingerprint density at radius 2 is 1.58 bits per heavy atom. The second-order valence-electron chi connectivity index (χ2n) is 7.00. The van der Waals surface area contributed by atoms with Crippen molar-refractivity contribution >= 4 is 5.78 Å². The molecule has 0 aliphatic heterocycles. The van der Waals surface area contributed by atoms with Crippen molar-refractivity contribution in [3.8, 4) is 0 Å². The van der Waals surface area contributed by atoms with E-state index in [2.05, 4.69) is 6.92 Å². The lowest BCUT2D eigenvalue weighted by molar-refractivity contribution is -0.136. The van der Waals surface area contributed by atoms with Crippen LogP contribution in [0.4, 0.5) is 0 Å². The molecule has 2 fully saturated rings. The van der Waals surface area contributed by atoms with E-state index in [1.807, 2.05) is 0 Å². The molecule has 0 amide bonds. The second-order valence-corrected chi connectivity index (χ2v) is 7.00. The average Bonchev–Trinajstić information content (AvgIpc) is 2.49. The molecule has 0 spiro atoms. The second kappa shape index (κ2) is 7.45. The third-order valence-corrected chi connectivity index (χ3v) is 5.57. The first-order chi connectivity index (χ1) is 9.28. The number of carbonyl (C=O) groups is 1. The van der Waals surface area contributed by atoms with Crippen LogP contribution >= 0.6 is 0 Å². The molecule has 1 nitrogen and oxygen atoms in total. The van der Waals surface area contributed by atoms with Gasteiger partial charge in [-0.1, -0.05) is 64.7 Å². The molecule has 0 aromatic heterocycles. The normalized spacial score (nSPS) is 24.3. The Hall–Kier alpha value is -0.330. The Morgan fingerprint density at radius 3 is 2.21 bits per heavy atom. The Balaban J connectivity index is 2.00. The van der Waals surface area contributed by atoms with E-state index in [0.29, 0.717) is 11.7 Å². The molecular weight excluding hydrogens is 232 g/mol. The molecule has 0 saturated heterocycles. The predicted octanol–water partition coefficient (Wildman–Crippen LogP) is 5.67. The molecule has 110 valence electrons. The number of Topliss-reactive ketones (excluding diaryl/α,β-unsaturated/α-hetero) is 1. The van der Waals surface area contributed by atoms with Crippen molar-refractivity contribution < 1.29 is 4.79 Å². The quantitative estimate of drug-likeness (QED) is 0.565. The number of rotatable bonds is 6. The molecule has 0 bridgehead atoms. The van der Waals surface area contributed by atoms with Crippen LogP contribution in [0, 0.1) is 11.3 Å². The third-order valence-electron chi connectivity index (χ3n) is 5.57. The molecule has 0 atom stereocenters. The van der Waals surface area contributed by atoms with E-state index in [9.17, 15) is 4.79 Å². The van der Waals surface area contributed by atoms with Gasteiger partial charge in [0.05, 0.1) is 0 Å². The van der Waals surface area contributed by atoms with Crippen molar-refractivity contribution in [2.75, 3.05) is 0 Å². The van der Waals surface area contributed by atoms with E-state index < -0.39 is 0 Å². The number of ketones is 1. The summed E-state index contributed by atoms with van der Waals surface area (Å²) in [4.78, 5) is 13.1. The van der Waals surface area contributed by atoms with E-state index in [0.717, 1.165) is 0 Å². The first kappa shape index (κ1) is 15.1. The Morgan fingerprint density at radius 1 is 0.947 bits per heavy atom. The van der Waals surface area contributed by atoms with Crippen LogP contribution in [0.5, 0.6) is 0 Å².